The molecule has 3 rings (SSSR count). The number of aromatic nitrogens is 2. The first-order chi connectivity index (χ1) is 11.2. The highest BCUT2D eigenvalue weighted by Crippen LogP contribution is 2.21. The van der Waals surface area contributed by atoms with Crippen molar-refractivity contribution in [3.63, 3.8) is 0 Å². The van der Waals surface area contributed by atoms with E-state index in [1.165, 1.54) is 10.7 Å². The van der Waals surface area contributed by atoms with Gasteiger partial charge in [-0.3, -0.25) is 9.59 Å². The number of methoxy groups -OCH3 is 1. The maximum absolute atomic E-state index is 12.2. The summed E-state index contributed by atoms with van der Waals surface area (Å²) in [6.07, 6.45) is 2.05. The Morgan fingerprint density at radius 1 is 1.22 bits per heavy atom. The van der Waals surface area contributed by atoms with Crippen molar-refractivity contribution < 1.29 is 9.53 Å². The van der Waals surface area contributed by atoms with E-state index in [2.05, 4.69) is 5.10 Å². The summed E-state index contributed by atoms with van der Waals surface area (Å²) in [5.74, 6) is 0.662. The Kier molecular flexibility index (Phi) is 4.41. The minimum absolute atomic E-state index is 0.0172. The lowest BCUT2D eigenvalue weighted by Crippen LogP contribution is -2.35. The molecule has 0 bridgehead atoms. The maximum Gasteiger partial charge on any atom is 0.267 e. The fraction of sp³-hybridized carbons (Fsp3) is 0.353. The van der Waals surface area contributed by atoms with Crippen LogP contribution < -0.4 is 10.3 Å². The van der Waals surface area contributed by atoms with E-state index < -0.39 is 0 Å². The molecule has 0 saturated carbocycles. The van der Waals surface area contributed by atoms with Crippen LogP contribution in [0.25, 0.3) is 11.3 Å². The number of hydrogen-bond donors (Lipinski definition) is 0. The summed E-state index contributed by atoms with van der Waals surface area (Å²) in [5.41, 5.74) is 1.20. The molecule has 0 spiro atoms. The summed E-state index contributed by atoms with van der Waals surface area (Å²) in [4.78, 5) is 26.0. The van der Waals surface area contributed by atoms with E-state index in [-0.39, 0.29) is 18.0 Å². The van der Waals surface area contributed by atoms with Crippen LogP contribution >= 0.6 is 0 Å². The smallest absolute Gasteiger partial charge is 0.267 e. The zero-order chi connectivity index (χ0) is 16.2. The predicted molar refractivity (Wildman–Crippen MR) is 86.3 cm³/mol. The van der Waals surface area contributed by atoms with Gasteiger partial charge in [0, 0.05) is 24.7 Å². The number of benzene rings is 1. The molecule has 2 heterocycles. The fourth-order valence-electron chi connectivity index (χ4n) is 2.69. The topological polar surface area (TPSA) is 64.4 Å². The first kappa shape index (κ1) is 15.3. The average molecular weight is 313 g/mol. The number of nitrogens with zero attached hydrogens (tertiary/aromatic N) is 3. The van der Waals surface area contributed by atoms with Crippen LogP contribution in [-0.2, 0) is 11.3 Å². The van der Waals surface area contributed by atoms with Crippen molar-refractivity contribution in [3.8, 4) is 17.0 Å². The van der Waals surface area contributed by atoms with Crippen molar-refractivity contribution in [2.75, 3.05) is 20.2 Å². The van der Waals surface area contributed by atoms with Crippen LogP contribution in [0.1, 0.15) is 12.8 Å². The van der Waals surface area contributed by atoms with Crippen molar-refractivity contribution in [3.05, 3.63) is 46.8 Å². The monoisotopic (exact) mass is 313 g/mol. The molecule has 6 nitrogen and oxygen atoms in total. The van der Waals surface area contributed by atoms with Gasteiger partial charge < -0.3 is 9.64 Å². The van der Waals surface area contributed by atoms with Crippen LogP contribution in [0, 0.1) is 0 Å². The van der Waals surface area contributed by atoms with Gasteiger partial charge in [-0.05, 0) is 31.0 Å². The second-order valence-electron chi connectivity index (χ2n) is 5.53. The molecule has 6 heteroatoms. The Labute approximate surface area is 134 Å². The van der Waals surface area contributed by atoms with Crippen LogP contribution in [0.5, 0.6) is 5.75 Å². The molecule has 1 aromatic heterocycles. The van der Waals surface area contributed by atoms with E-state index >= 15 is 0 Å². The Morgan fingerprint density at radius 2 is 2.00 bits per heavy atom. The van der Waals surface area contributed by atoms with E-state index in [9.17, 15) is 9.59 Å². The van der Waals surface area contributed by atoms with Gasteiger partial charge >= 0.3 is 0 Å². The van der Waals surface area contributed by atoms with Crippen LogP contribution in [0.15, 0.2) is 41.2 Å². The largest absolute Gasteiger partial charge is 0.497 e. The summed E-state index contributed by atoms with van der Waals surface area (Å²) in [5, 5.41) is 4.33. The predicted octanol–water partition coefficient (Wildman–Crippen LogP) is 1.54. The highest BCUT2D eigenvalue weighted by atomic mass is 16.5. The zero-order valence-electron chi connectivity index (χ0n) is 13.1. The Bertz CT molecular complexity index is 764. The van der Waals surface area contributed by atoms with E-state index in [1.54, 1.807) is 18.1 Å². The number of carbonyl (C=O) groups excluding carboxylic acids is 1. The number of carbonyl (C=O) groups is 1. The van der Waals surface area contributed by atoms with Crippen molar-refractivity contribution in [2.24, 2.45) is 0 Å². The molecule has 1 amide bonds. The Balaban J connectivity index is 1.86. The Morgan fingerprint density at radius 3 is 2.74 bits per heavy atom. The molecule has 1 aliphatic heterocycles. The molecule has 23 heavy (non-hydrogen) atoms. The molecule has 2 aromatic rings. The van der Waals surface area contributed by atoms with E-state index in [4.69, 9.17) is 4.74 Å². The standard InChI is InChI=1S/C17H19N3O3/c1-23-14-6-4-5-13(11-14)15-7-8-16(21)20(18-15)12-17(22)19-9-2-3-10-19/h4-8,11H,2-3,9-10,12H2,1H3. The third-order valence-electron chi connectivity index (χ3n) is 3.98. The highest BCUT2D eigenvalue weighted by molar-refractivity contribution is 5.76. The summed E-state index contributed by atoms with van der Waals surface area (Å²) in [6.45, 7) is 1.52. The summed E-state index contributed by atoms with van der Waals surface area (Å²) in [6, 6.07) is 10.5. The third-order valence-corrected chi connectivity index (χ3v) is 3.98. The molecule has 1 fully saturated rings. The van der Waals surface area contributed by atoms with Gasteiger partial charge in [0.1, 0.15) is 12.3 Å². The van der Waals surface area contributed by atoms with E-state index in [1.807, 2.05) is 24.3 Å². The quantitative estimate of drug-likeness (QED) is 0.859. The molecule has 0 aliphatic carbocycles. The van der Waals surface area contributed by atoms with Gasteiger partial charge in [0.15, 0.2) is 0 Å². The fourth-order valence-corrected chi connectivity index (χ4v) is 2.69. The molecular formula is C17H19N3O3. The molecule has 1 saturated heterocycles. The molecule has 0 radical (unpaired) electrons. The number of ether oxygens (including phenoxy) is 1. The minimum Gasteiger partial charge on any atom is -0.497 e. The Hall–Kier alpha value is -2.63. The number of hydrogen-bond acceptors (Lipinski definition) is 4. The van der Waals surface area contributed by atoms with Gasteiger partial charge in [0.2, 0.25) is 5.91 Å². The van der Waals surface area contributed by atoms with Crippen LogP contribution in [0.3, 0.4) is 0 Å². The van der Waals surface area contributed by atoms with Gasteiger partial charge in [-0.25, -0.2) is 4.68 Å². The van der Waals surface area contributed by atoms with Crippen molar-refractivity contribution in [1.29, 1.82) is 0 Å². The molecule has 1 aliphatic rings. The first-order valence-corrected chi connectivity index (χ1v) is 7.68. The lowest BCUT2D eigenvalue weighted by molar-refractivity contribution is -0.131. The average Bonchev–Trinajstić information content (AvgIpc) is 3.11. The lowest BCUT2D eigenvalue weighted by Gasteiger charge is -2.15. The van der Waals surface area contributed by atoms with Gasteiger partial charge in [-0.15, -0.1) is 0 Å². The third kappa shape index (κ3) is 3.41. The second-order valence-corrected chi connectivity index (χ2v) is 5.53. The highest BCUT2D eigenvalue weighted by Gasteiger charge is 2.19. The van der Waals surface area contributed by atoms with Crippen molar-refractivity contribution in [1.82, 2.24) is 14.7 Å². The molecule has 0 unspecified atom stereocenters. The number of amides is 1. The van der Waals surface area contributed by atoms with Gasteiger partial charge in [0.05, 0.1) is 12.8 Å². The van der Waals surface area contributed by atoms with Crippen LogP contribution in [-0.4, -0.2) is 40.8 Å². The SMILES string of the molecule is COc1cccc(-c2ccc(=O)n(CC(=O)N3CCCC3)n2)c1. The molecule has 1 aromatic carbocycles. The van der Waals surface area contributed by atoms with Crippen molar-refractivity contribution >= 4 is 5.91 Å². The van der Waals surface area contributed by atoms with E-state index in [0.29, 0.717) is 5.69 Å². The molecular weight excluding hydrogens is 294 g/mol. The van der Waals surface area contributed by atoms with Crippen LogP contribution in [0.4, 0.5) is 0 Å². The van der Waals surface area contributed by atoms with E-state index in [0.717, 1.165) is 37.2 Å². The maximum atomic E-state index is 12.2. The summed E-state index contributed by atoms with van der Waals surface area (Å²) in [7, 11) is 1.60. The van der Waals surface area contributed by atoms with Crippen LogP contribution in [0.2, 0.25) is 0 Å². The number of likely N-dealkylation sites (tertiary alicyclic amines) is 1. The molecule has 0 atom stereocenters. The van der Waals surface area contributed by atoms with Crippen molar-refractivity contribution in [2.45, 2.75) is 19.4 Å². The number of rotatable bonds is 4. The molecule has 0 N–H and O–H groups in total. The van der Waals surface area contributed by atoms with Gasteiger partial charge in [-0.1, -0.05) is 12.1 Å². The molecule has 120 valence electrons. The summed E-state index contributed by atoms with van der Waals surface area (Å²) >= 11 is 0. The first-order valence-electron chi connectivity index (χ1n) is 7.68. The second kappa shape index (κ2) is 6.64. The zero-order valence-corrected chi connectivity index (χ0v) is 13.1. The minimum atomic E-state index is -0.274. The normalized spacial score (nSPS) is 14.0. The van der Waals surface area contributed by atoms with Gasteiger partial charge in [-0.2, -0.15) is 5.10 Å². The van der Waals surface area contributed by atoms with Gasteiger partial charge in [0.25, 0.3) is 5.56 Å². The summed E-state index contributed by atoms with van der Waals surface area (Å²) < 4.78 is 6.44. The lowest BCUT2D eigenvalue weighted by atomic mass is 10.1.